The lowest BCUT2D eigenvalue weighted by atomic mass is 10.1. The standard InChI is InChI=1S/C14H20O2S/c1-14(2,3)17(16)11-7-10-13(15)12-8-5-4-6-9-12/h4-10,13,15H,11H2,1-3H3/b10-7-. The van der Waals surface area contributed by atoms with E-state index in [-0.39, 0.29) is 4.75 Å². The smallest absolute Gasteiger partial charge is 0.0972 e. The van der Waals surface area contributed by atoms with E-state index in [1.54, 1.807) is 12.2 Å². The summed E-state index contributed by atoms with van der Waals surface area (Å²) >= 11 is 0. The van der Waals surface area contributed by atoms with Gasteiger partial charge in [0.15, 0.2) is 0 Å². The number of hydrogen-bond donors (Lipinski definition) is 1. The van der Waals surface area contributed by atoms with Crippen molar-refractivity contribution < 1.29 is 9.32 Å². The van der Waals surface area contributed by atoms with E-state index in [0.29, 0.717) is 5.75 Å². The van der Waals surface area contributed by atoms with Gasteiger partial charge in [0.25, 0.3) is 0 Å². The van der Waals surface area contributed by atoms with Crippen molar-refractivity contribution in [1.82, 2.24) is 0 Å². The van der Waals surface area contributed by atoms with Gasteiger partial charge in [0, 0.05) is 21.3 Å². The van der Waals surface area contributed by atoms with E-state index < -0.39 is 16.9 Å². The topological polar surface area (TPSA) is 37.3 Å². The molecule has 2 nitrogen and oxygen atoms in total. The van der Waals surface area contributed by atoms with Crippen molar-refractivity contribution in [2.24, 2.45) is 0 Å². The predicted molar refractivity (Wildman–Crippen MR) is 73.3 cm³/mol. The van der Waals surface area contributed by atoms with Crippen LogP contribution >= 0.6 is 0 Å². The Bertz CT molecular complexity index is 390. The van der Waals surface area contributed by atoms with Crippen molar-refractivity contribution in [2.75, 3.05) is 5.75 Å². The van der Waals surface area contributed by atoms with Gasteiger partial charge in [-0.3, -0.25) is 4.21 Å². The van der Waals surface area contributed by atoms with Crippen molar-refractivity contribution in [3.8, 4) is 0 Å². The summed E-state index contributed by atoms with van der Waals surface area (Å²) in [6.45, 7) is 5.85. The van der Waals surface area contributed by atoms with Gasteiger partial charge in [0.1, 0.15) is 0 Å². The summed E-state index contributed by atoms with van der Waals surface area (Å²) in [7, 11) is -0.908. The minimum Gasteiger partial charge on any atom is -0.384 e. The molecule has 0 heterocycles. The van der Waals surface area contributed by atoms with Crippen molar-refractivity contribution in [3.05, 3.63) is 48.0 Å². The third-order valence-electron chi connectivity index (χ3n) is 2.39. The van der Waals surface area contributed by atoms with Crippen molar-refractivity contribution in [3.63, 3.8) is 0 Å². The summed E-state index contributed by atoms with van der Waals surface area (Å²) in [4.78, 5) is 0. The van der Waals surface area contributed by atoms with Gasteiger partial charge in [-0.25, -0.2) is 0 Å². The largest absolute Gasteiger partial charge is 0.384 e. The quantitative estimate of drug-likeness (QED) is 0.837. The van der Waals surface area contributed by atoms with Crippen LogP contribution in [-0.2, 0) is 10.8 Å². The van der Waals surface area contributed by atoms with E-state index in [9.17, 15) is 9.32 Å². The van der Waals surface area contributed by atoms with Gasteiger partial charge in [-0.2, -0.15) is 0 Å². The van der Waals surface area contributed by atoms with Gasteiger partial charge < -0.3 is 5.11 Å². The molecule has 0 amide bonds. The molecule has 0 aliphatic heterocycles. The first-order chi connectivity index (χ1) is 7.91. The summed E-state index contributed by atoms with van der Waals surface area (Å²) in [5.41, 5.74) is 0.852. The Balaban J connectivity index is 2.53. The lowest BCUT2D eigenvalue weighted by molar-refractivity contribution is 0.228. The highest BCUT2D eigenvalue weighted by Gasteiger charge is 2.17. The average Bonchev–Trinajstić information content (AvgIpc) is 2.28. The highest BCUT2D eigenvalue weighted by atomic mass is 32.2. The lowest BCUT2D eigenvalue weighted by Crippen LogP contribution is -2.23. The molecule has 1 rings (SSSR count). The molecule has 0 aromatic heterocycles. The third kappa shape index (κ3) is 4.84. The number of benzene rings is 1. The molecule has 3 heteroatoms. The van der Waals surface area contributed by atoms with Crippen LogP contribution in [0.15, 0.2) is 42.5 Å². The molecule has 0 spiro atoms. The van der Waals surface area contributed by atoms with E-state index in [1.807, 2.05) is 51.1 Å². The van der Waals surface area contributed by atoms with Crippen LogP contribution < -0.4 is 0 Å². The van der Waals surface area contributed by atoms with Gasteiger partial charge >= 0.3 is 0 Å². The monoisotopic (exact) mass is 252 g/mol. The molecule has 2 unspecified atom stereocenters. The molecule has 1 N–H and O–H groups in total. The Morgan fingerprint density at radius 3 is 2.41 bits per heavy atom. The molecular weight excluding hydrogens is 232 g/mol. The predicted octanol–water partition coefficient (Wildman–Crippen LogP) is 2.82. The Morgan fingerprint density at radius 1 is 1.29 bits per heavy atom. The van der Waals surface area contributed by atoms with Crippen molar-refractivity contribution in [1.29, 1.82) is 0 Å². The number of aliphatic hydroxyl groups excluding tert-OH is 1. The van der Waals surface area contributed by atoms with Gasteiger partial charge in [0.2, 0.25) is 0 Å². The number of aliphatic hydroxyl groups is 1. The normalized spacial score (nSPS) is 16.0. The van der Waals surface area contributed by atoms with Crippen LogP contribution in [0.3, 0.4) is 0 Å². The van der Waals surface area contributed by atoms with E-state index >= 15 is 0 Å². The summed E-state index contributed by atoms with van der Waals surface area (Å²) in [6.07, 6.45) is 2.87. The highest BCUT2D eigenvalue weighted by molar-refractivity contribution is 7.86. The fourth-order valence-electron chi connectivity index (χ4n) is 1.28. The number of rotatable bonds is 4. The van der Waals surface area contributed by atoms with E-state index in [2.05, 4.69) is 0 Å². The molecule has 0 saturated carbocycles. The second kappa shape index (κ2) is 6.12. The summed E-state index contributed by atoms with van der Waals surface area (Å²) in [5.74, 6) is 0.480. The van der Waals surface area contributed by atoms with E-state index in [1.165, 1.54) is 0 Å². The minimum absolute atomic E-state index is 0.206. The van der Waals surface area contributed by atoms with Gasteiger partial charge in [-0.1, -0.05) is 42.5 Å². The van der Waals surface area contributed by atoms with Crippen LogP contribution in [0.4, 0.5) is 0 Å². The molecule has 0 radical (unpaired) electrons. The lowest BCUT2D eigenvalue weighted by Gasteiger charge is -2.16. The molecule has 94 valence electrons. The molecule has 1 aromatic rings. The summed E-state index contributed by atoms with van der Waals surface area (Å²) in [5, 5.41) is 9.85. The first-order valence-corrected chi connectivity index (χ1v) is 7.01. The Morgan fingerprint density at radius 2 is 1.88 bits per heavy atom. The van der Waals surface area contributed by atoms with E-state index in [0.717, 1.165) is 5.56 Å². The first-order valence-electron chi connectivity index (χ1n) is 5.69. The molecule has 0 saturated heterocycles. The zero-order valence-electron chi connectivity index (χ0n) is 10.6. The minimum atomic E-state index is -0.908. The van der Waals surface area contributed by atoms with Crippen molar-refractivity contribution in [2.45, 2.75) is 31.6 Å². The zero-order valence-corrected chi connectivity index (χ0v) is 11.4. The molecule has 17 heavy (non-hydrogen) atoms. The molecule has 0 fully saturated rings. The molecule has 0 bridgehead atoms. The van der Waals surface area contributed by atoms with Gasteiger partial charge in [0.05, 0.1) is 6.10 Å². The number of hydrogen-bond acceptors (Lipinski definition) is 2. The van der Waals surface area contributed by atoms with Crippen LogP contribution in [0.25, 0.3) is 0 Å². The average molecular weight is 252 g/mol. The Hall–Kier alpha value is -0.930. The molecule has 2 atom stereocenters. The zero-order chi connectivity index (χ0) is 12.9. The molecule has 0 aliphatic carbocycles. The second-order valence-corrected chi connectivity index (χ2v) is 7.16. The summed E-state index contributed by atoms with van der Waals surface area (Å²) < 4.78 is 11.6. The molecule has 1 aromatic carbocycles. The maximum atomic E-state index is 11.8. The van der Waals surface area contributed by atoms with Crippen LogP contribution in [0.2, 0.25) is 0 Å². The SMILES string of the molecule is CC(C)(C)S(=O)C/C=C\C(O)c1ccccc1. The molecular formula is C14H20O2S. The van der Waals surface area contributed by atoms with Crippen molar-refractivity contribution >= 4 is 10.8 Å². The highest BCUT2D eigenvalue weighted by Crippen LogP contribution is 2.15. The third-order valence-corrected chi connectivity index (χ3v) is 4.25. The second-order valence-electron chi connectivity index (χ2n) is 4.91. The fourth-order valence-corrected chi connectivity index (χ4v) is 2.07. The fraction of sp³-hybridized carbons (Fsp3) is 0.429. The van der Waals surface area contributed by atoms with Gasteiger partial charge in [-0.15, -0.1) is 0 Å². The van der Waals surface area contributed by atoms with Crippen LogP contribution in [0.1, 0.15) is 32.4 Å². The summed E-state index contributed by atoms with van der Waals surface area (Å²) in [6, 6.07) is 9.43. The van der Waals surface area contributed by atoms with Crippen LogP contribution in [0.5, 0.6) is 0 Å². The Kier molecular flexibility index (Phi) is 5.09. The Labute approximate surface area is 106 Å². The maximum Gasteiger partial charge on any atom is 0.0972 e. The first kappa shape index (κ1) is 14.1. The van der Waals surface area contributed by atoms with Gasteiger partial charge in [-0.05, 0) is 26.3 Å². The van der Waals surface area contributed by atoms with Crippen LogP contribution in [-0.4, -0.2) is 19.8 Å². The maximum absolute atomic E-state index is 11.8. The van der Waals surface area contributed by atoms with Crippen LogP contribution in [0, 0.1) is 0 Å². The van der Waals surface area contributed by atoms with E-state index in [4.69, 9.17) is 0 Å². The molecule has 0 aliphatic rings.